The number of benzene rings is 1. The second-order valence-electron chi connectivity index (χ2n) is 8.88. The molecule has 2 aliphatic heterocycles. The summed E-state index contributed by atoms with van der Waals surface area (Å²) < 4.78 is 0. The molecule has 0 bridgehead atoms. The van der Waals surface area contributed by atoms with Gasteiger partial charge in [-0.2, -0.15) is 0 Å². The maximum atomic E-state index is 4.97. The number of rotatable bonds is 5. The number of piperazine rings is 1. The molecule has 2 fully saturated rings. The molecule has 1 aromatic carbocycles. The molecule has 1 aromatic heterocycles. The van der Waals surface area contributed by atoms with Crippen LogP contribution in [0, 0.1) is 0 Å². The molecule has 5 heteroatoms. The number of nitrogens with zero attached hydrogens (tertiary/aromatic N) is 5. The highest BCUT2D eigenvalue weighted by atomic mass is 15.3. The van der Waals surface area contributed by atoms with Crippen molar-refractivity contribution < 1.29 is 0 Å². The Balaban J connectivity index is 1.19. The molecule has 0 radical (unpaired) electrons. The third kappa shape index (κ3) is 4.17. The molecule has 0 atom stereocenters. The molecule has 1 aliphatic carbocycles. The Morgan fingerprint density at radius 1 is 0.966 bits per heavy atom. The Morgan fingerprint density at radius 3 is 2.41 bits per heavy atom. The van der Waals surface area contributed by atoms with E-state index in [4.69, 9.17) is 9.97 Å². The van der Waals surface area contributed by atoms with Gasteiger partial charge >= 0.3 is 0 Å². The number of aromatic nitrogens is 2. The van der Waals surface area contributed by atoms with E-state index in [9.17, 15) is 0 Å². The van der Waals surface area contributed by atoms with E-state index in [2.05, 4.69) is 52.1 Å². The van der Waals surface area contributed by atoms with Gasteiger partial charge in [-0.3, -0.25) is 9.80 Å². The van der Waals surface area contributed by atoms with E-state index in [-0.39, 0.29) is 0 Å². The fourth-order valence-corrected chi connectivity index (χ4v) is 4.83. The van der Waals surface area contributed by atoms with Crippen LogP contribution in [0.3, 0.4) is 0 Å². The van der Waals surface area contributed by atoms with Crippen LogP contribution in [0.1, 0.15) is 48.6 Å². The smallest absolute Gasteiger partial charge is 0.225 e. The lowest BCUT2D eigenvalue weighted by atomic mass is 9.91. The molecule has 5 rings (SSSR count). The van der Waals surface area contributed by atoms with Gasteiger partial charge in [-0.25, -0.2) is 9.97 Å². The molecule has 154 valence electrons. The lowest BCUT2D eigenvalue weighted by Crippen LogP contribution is -2.52. The molecule has 2 aromatic rings. The predicted molar refractivity (Wildman–Crippen MR) is 117 cm³/mol. The van der Waals surface area contributed by atoms with Gasteiger partial charge < -0.3 is 4.90 Å². The number of aryl methyl sites for hydroxylation is 1. The van der Waals surface area contributed by atoms with E-state index in [0.29, 0.717) is 0 Å². The number of hydrogen-bond acceptors (Lipinski definition) is 5. The Labute approximate surface area is 174 Å². The minimum Gasteiger partial charge on any atom is -0.338 e. The van der Waals surface area contributed by atoms with Crippen LogP contribution in [0.4, 0.5) is 5.95 Å². The molecular weight excluding hydrogens is 358 g/mol. The molecule has 0 amide bonds. The minimum atomic E-state index is 0.853. The van der Waals surface area contributed by atoms with E-state index in [1.54, 1.807) is 0 Å². The van der Waals surface area contributed by atoms with Crippen molar-refractivity contribution in [3.05, 3.63) is 52.8 Å². The summed E-state index contributed by atoms with van der Waals surface area (Å²) in [5, 5.41) is 0. The van der Waals surface area contributed by atoms with Crippen LogP contribution in [0.2, 0.25) is 0 Å². The predicted octanol–water partition coefficient (Wildman–Crippen LogP) is 3.27. The normalized spacial score (nSPS) is 21.1. The highest BCUT2D eigenvalue weighted by Gasteiger charge is 2.29. The molecule has 0 spiro atoms. The zero-order valence-corrected chi connectivity index (χ0v) is 17.7. The third-order valence-corrected chi connectivity index (χ3v) is 7.03. The molecule has 29 heavy (non-hydrogen) atoms. The SMILES string of the molecule is CCc1ccc(CN2CCc3nc(N4CCN(C5CCC5)CC4)ncc3C2)cc1. The van der Waals surface area contributed by atoms with E-state index in [1.165, 1.54) is 41.6 Å². The summed E-state index contributed by atoms with van der Waals surface area (Å²) in [6.07, 6.45) is 8.43. The van der Waals surface area contributed by atoms with Crippen molar-refractivity contribution in [2.45, 2.75) is 58.2 Å². The van der Waals surface area contributed by atoms with Crippen molar-refractivity contribution in [2.75, 3.05) is 37.6 Å². The van der Waals surface area contributed by atoms with Crippen molar-refractivity contribution in [3.63, 3.8) is 0 Å². The fraction of sp³-hybridized carbons (Fsp3) is 0.583. The van der Waals surface area contributed by atoms with Crippen molar-refractivity contribution in [2.24, 2.45) is 0 Å². The van der Waals surface area contributed by atoms with E-state index >= 15 is 0 Å². The van der Waals surface area contributed by atoms with E-state index in [0.717, 1.165) is 70.6 Å². The molecule has 0 unspecified atom stereocenters. The van der Waals surface area contributed by atoms with Gasteiger partial charge in [0.15, 0.2) is 0 Å². The second kappa shape index (κ2) is 8.41. The maximum absolute atomic E-state index is 4.97. The largest absolute Gasteiger partial charge is 0.338 e. The van der Waals surface area contributed by atoms with Crippen LogP contribution >= 0.6 is 0 Å². The van der Waals surface area contributed by atoms with Gasteiger partial charge in [-0.1, -0.05) is 37.6 Å². The van der Waals surface area contributed by atoms with Gasteiger partial charge in [0, 0.05) is 70.0 Å². The van der Waals surface area contributed by atoms with Gasteiger partial charge in [-0.15, -0.1) is 0 Å². The lowest BCUT2D eigenvalue weighted by molar-refractivity contribution is 0.120. The Bertz CT molecular complexity index is 822. The minimum absolute atomic E-state index is 0.853. The summed E-state index contributed by atoms with van der Waals surface area (Å²) in [6, 6.07) is 9.92. The average Bonchev–Trinajstić information content (AvgIpc) is 2.73. The first kappa shape index (κ1) is 19.0. The van der Waals surface area contributed by atoms with Crippen LogP contribution in [-0.4, -0.2) is 58.5 Å². The standard InChI is InChI=1S/C24H33N5/c1-2-19-6-8-20(9-7-19)17-27-11-10-23-21(18-27)16-25-24(26-23)29-14-12-28(13-15-29)22-4-3-5-22/h6-9,16,22H,2-5,10-15,17-18H2,1H3. The molecule has 5 nitrogen and oxygen atoms in total. The summed E-state index contributed by atoms with van der Waals surface area (Å²) in [7, 11) is 0. The second-order valence-corrected chi connectivity index (χ2v) is 8.88. The van der Waals surface area contributed by atoms with Crippen molar-refractivity contribution in [1.82, 2.24) is 19.8 Å². The quantitative estimate of drug-likeness (QED) is 0.782. The molecule has 3 heterocycles. The van der Waals surface area contributed by atoms with Crippen LogP contribution in [-0.2, 0) is 25.9 Å². The maximum Gasteiger partial charge on any atom is 0.225 e. The average molecular weight is 392 g/mol. The van der Waals surface area contributed by atoms with Crippen LogP contribution in [0.5, 0.6) is 0 Å². The molecule has 1 saturated heterocycles. The fourth-order valence-electron chi connectivity index (χ4n) is 4.83. The zero-order chi connectivity index (χ0) is 19.6. The Kier molecular flexibility index (Phi) is 5.51. The highest BCUT2D eigenvalue weighted by Crippen LogP contribution is 2.27. The first-order valence-electron chi connectivity index (χ1n) is 11.4. The van der Waals surface area contributed by atoms with Crippen LogP contribution in [0.25, 0.3) is 0 Å². The van der Waals surface area contributed by atoms with Gasteiger partial charge in [-0.05, 0) is 30.4 Å². The third-order valence-electron chi connectivity index (χ3n) is 7.03. The van der Waals surface area contributed by atoms with Gasteiger partial charge in [0.2, 0.25) is 5.95 Å². The number of hydrogen-bond donors (Lipinski definition) is 0. The summed E-state index contributed by atoms with van der Waals surface area (Å²) >= 11 is 0. The molecule has 3 aliphatic rings. The van der Waals surface area contributed by atoms with Gasteiger partial charge in [0.05, 0.1) is 5.69 Å². The van der Waals surface area contributed by atoms with E-state index in [1.807, 2.05) is 0 Å². The Morgan fingerprint density at radius 2 is 1.72 bits per heavy atom. The summed E-state index contributed by atoms with van der Waals surface area (Å²) in [6.45, 7) is 9.71. The Hall–Kier alpha value is -1.98. The summed E-state index contributed by atoms with van der Waals surface area (Å²) in [5.74, 6) is 0.945. The number of anilines is 1. The van der Waals surface area contributed by atoms with Crippen molar-refractivity contribution in [3.8, 4) is 0 Å². The molecule has 0 N–H and O–H groups in total. The molecular formula is C24H33N5. The lowest BCUT2D eigenvalue weighted by Gasteiger charge is -2.43. The first-order chi connectivity index (χ1) is 14.3. The highest BCUT2D eigenvalue weighted by molar-refractivity contribution is 5.35. The van der Waals surface area contributed by atoms with Crippen LogP contribution in [0.15, 0.2) is 30.5 Å². The topological polar surface area (TPSA) is 35.5 Å². The van der Waals surface area contributed by atoms with Crippen molar-refractivity contribution in [1.29, 1.82) is 0 Å². The van der Waals surface area contributed by atoms with E-state index < -0.39 is 0 Å². The summed E-state index contributed by atoms with van der Waals surface area (Å²) in [4.78, 5) is 17.3. The zero-order valence-electron chi connectivity index (χ0n) is 17.7. The molecule has 1 saturated carbocycles. The summed E-state index contributed by atoms with van der Waals surface area (Å²) in [5.41, 5.74) is 5.37. The van der Waals surface area contributed by atoms with Gasteiger partial charge in [0.1, 0.15) is 0 Å². The monoisotopic (exact) mass is 391 g/mol. The van der Waals surface area contributed by atoms with Crippen LogP contribution < -0.4 is 4.90 Å². The van der Waals surface area contributed by atoms with Gasteiger partial charge in [0.25, 0.3) is 0 Å². The first-order valence-corrected chi connectivity index (χ1v) is 11.4. The van der Waals surface area contributed by atoms with Crippen molar-refractivity contribution >= 4 is 5.95 Å². The number of fused-ring (bicyclic) bond motifs is 1.